The van der Waals surface area contributed by atoms with Crippen LogP contribution < -0.4 is 4.74 Å². The van der Waals surface area contributed by atoms with E-state index in [1.807, 2.05) is 32.0 Å². The number of halogens is 1. The minimum absolute atomic E-state index is 0.270. The van der Waals surface area contributed by atoms with Gasteiger partial charge in [0.05, 0.1) is 17.7 Å². The molecule has 1 unspecified atom stereocenters. The largest absolute Gasteiger partial charge is 0.492 e. The minimum atomic E-state index is -0.270. The molecule has 3 nitrogen and oxygen atoms in total. The third-order valence-corrected chi connectivity index (χ3v) is 2.58. The number of aldehydes is 1. The Hall–Kier alpha value is -1.06. The smallest absolute Gasteiger partial charge is 0.141 e. The van der Waals surface area contributed by atoms with Crippen molar-refractivity contribution >= 4 is 17.9 Å². The van der Waals surface area contributed by atoms with Crippen LogP contribution in [0.5, 0.6) is 5.75 Å². The van der Waals surface area contributed by atoms with E-state index in [2.05, 4.69) is 0 Å². The van der Waals surface area contributed by atoms with Gasteiger partial charge in [-0.1, -0.05) is 17.7 Å². The van der Waals surface area contributed by atoms with Crippen molar-refractivity contribution in [1.29, 1.82) is 0 Å². The Kier molecular flexibility index (Phi) is 4.77. The Morgan fingerprint density at radius 2 is 2.19 bits per heavy atom. The van der Waals surface area contributed by atoms with Gasteiger partial charge < -0.3 is 9.53 Å². The van der Waals surface area contributed by atoms with Gasteiger partial charge in [-0.05, 0) is 38.7 Å². The van der Waals surface area contributed by atoms with Gasteiger partial charge in [0.15, 0.2) is 0 Å². The van der Waals surface area contributed by atoms with Crippen LogP contribution in [0.15, 0.2) is 18.2 Å². The lowest BCUT2D eigenvalue weighted by Crippen LogP contribution is -2.20. The van der Waals surface area contributed by atoms with Crippen LogP contribution in [0, 0.1) is 0 Å². The Bertz CT molecular complexity index is 366. The van der Waals surface area contributed by atoms with Gasteiger partial charge in [-0.3, -0.25) is 4.90 Å². The van der Waals surface area contributed by atoms with Crippen LogP contribution in [0.25, 0.3) is 0 Å². The maximum absolute atomic E-state index is 11.0. The number of carbonyl (C=O) groups excluding carboxylic acids is 1. The highest BCUT2D eigenvalue weighted by atomic mass is 35.5. The monoisotopic (exact) mass is 241 g/mol. The standard InChI is InChI=1S/C12H16ClNO2/c1-4-16-12-6-5-9(7-10(12)13)11(8-15)14(2)3/h5-8,11H,4H2,1-3H3. The molecule has 0 saturated carbocycles. The van der Waals surface area contributed by atoms with E-state index < -0.39 is 0 Å². The highest BCUT2D eigenvalue weighted by Gasteiger charge is 2.14. The van der Waals surface area contributed by atoms with Crippen molar-refractivity contribution in [1.82, 2.24) is 4.90 Å². The molecule has 0 heterocycles. The van der Waals surface area contributed by atoms with Crippen molar-refractivity contribution in [3.05, 3.63) is 28.8 Å². The third-order valence-electron chi connectivity index (χ3n) is 2.28. The predicted octanol–water partition coefficient (Wildman–Crippen LogP) is 2.54. The molecule has 1 aromatic carbocycles. The summed E-state index contributed by atoms with van der Waals surface area (Å²) < 4.78 is 5.33. The van der Waals surface area contributed by atoms with E-state index in [9.17, 15) is 4.79 Å². The molecule has 0 aromatic heterocycles. The van der Waals surface area contributed by atoms with Gasteiger partial charge in [-0.15, -0.1) is 0 Å². The van der Waals surface area contributed by atoms with E-state index in [0.717, 1.165) is 11.8 Å². The molecular weight excluding hydrogens is 226 g/mol. The molecule has 0 spiro atoms. The van der Waals surface area contributed by atoms with Crippen molar-refractivity contribution in [2.45, 2.75) is 13.0 Å². The first kappa shape index (κ1) is 13.0. The zero-order valence-electron chi connectivity index (χ0n) is 9.74. The molecular formula is C12H16ClNO2. The summed E-state index contributed by atoms with van der Waals surface area (Å²) in [5, 5.41) is 0.535. The van der Waals surface area contributed by atoms with E-state index in [0.29, 0.717) is 17.4 Å². The van der Waals surface area contributed by atoms with Crippen LogP contribution in [0.2, 0.25) is 5.02 Å². The first-order valence-electron chi connectivity index (χ1n) is 5.14. The first-order valence-corrected chi connectivity index (χ1v) is 5.52. The molecule has 16 heavy (non-hydrogen) atoms. The Labute approximate surface area is 101 Å². The predicted molar refractivity (Wildman–Crippen MR) is 65.1 cm³/mol. The molecule has 0 fully saturated rings. The van der Waals surface area contributed by atoms with Crippen LogP contribution in [0.4, 0.5) is 0 Å². The SMILES string of the molecule is CCOc1ccc(C(C=O)N(C)C)cc1Cl. The number of hydrogen-bond acceptors (Lipinski definition) is 3. The van der Waals surface area contributed by atoms with Crippen LogP contribution >= 0.6 is 11.6 Å². The van der Waals surface area contributed by atoms with E-state index in [1.54, 1.807) is 12.1 Å². The van der Waals surface area contributed by atoms with E-state index in [1.165, 1.54) is 0 Å². The summed E-state index contributed by atoms with van der Waals surface area (Å²) in [6.45, 7) is 2.47. The van der Waals surface area contributed by atoms with Gasteiger partial charge in [-0.2, -0.15) is 0 Å². The Morgan fingerprint density at radius 1 is 1.50 bits per heavy atom. The van der Waals surface area contributed by atoms with Gasteiger partial charge in [-0.25, -0.2) is 0 Å². The van der Waals surface area contributed by atoms with E-state index in [4.69, 9.17) is 16.3 Å². The maximum atomic E-state index is 11.0. The molecule has 4 heteroatoms. The number of hydrogen-bond donors (Lipinski definition) is 0. The lowest BCUT2D eigenvalue weighted by molar-refractivity contribution is -0.111. The summed E-state index contributed by atoms with van der Waals surface area (Å²) in [5.41, 5.74) is 0.869. The Balaban J connectivity index is 2.99. The summed E-state index contributed by atoms with van der Waals surface area (Å²) in [5.74, 6) is 0.649. The van der Waals surface area contributed by atoms with Crippen LogP contribution in [0.1, 0.15) is 18.5 Å². The van der Waals surface area contributed by atoms with Gasteiger partial charge >= 0.3 is 0 Å². The number of ether oxygens (including phenoxy) is 1. The molecule has 0 aliphatic carbocycles. The van der Waals surface area contributed by atoms with Crippen molar-refractivity contribution in [3.63, 3.8) is 0 Å². The lowest BCUT2D eigenvalue weighted by atomic mass is 10.1. The highest BCUT2D eigenvalue weighted by molar-refractivity contribution is 6.32. The van der Waals surface area contributed by atoms with Crippen LogP contribution in [-0.4, -0.2) is 31.9 Å². The summed E-state index contributed by atoms with van der Waals surface area (Å²) in [7, 11) is 3.70. The molecule has 1 rings (SSSR count). The topological polar surface area (TPSA) is 29.5 Å². The number of likely N-dealkylation sites (N-methyl/N-ethyl adjacent to an activating group) is 1. The number of rotatable bonds is 5. The molecule has 88 valence electrons. The van der Waals surface area contributed by atoms with E-state index in [-0.39, 0.29) is 6.04 Å². The minimum Gasteiger partial charge on any atom is -0.492 e. The molecule has 1 aromatic rings. The lowest BCUT2D eigenvalue weighted by Gasteiger charge is -2.19. The molecule has 0 amide bonds. The van der Waals surface area contributed by atoms with Crippen LogP contribution in [-0.2, 0) is 4.79 Å². The first-order chi connectivity index (χ1) is 7.60. The second-order valence-corrected chi connectivity index (χ2v) is 4.07. The molecule has 0 aliphatic heterocycles. The van der Waals surface area contributed by atoms with E-state index >= 15 is 0 Å². The fourth-order valence-electron chi connectivity index (χ4n) is 1.47. The average molecular weight is 242 g/mol. The second-order valence-electron chi connectivity index (χ2n) is 3.67. The maximum Gasteiger partial charge on any atom is 0.141 e. The van der Waals surface area contributed by atoms with Gasteiger partial charge in [0.2, 0.25) is 0 Å². The average Bonchev–Trinajstić information content (AvgIpc) is 2.22. The number of benzene rings is 1. The summed E-state index contributed by atoms with van der Waals surface area (Å²) in [6.07, 6.45) is 0.895. The third kappa shape index (κ3) is 2.97. The van der Waals surface area contributed by atoms with Gasteiger partial charge in [0, 0.05) is 0 Å². The fraction of sp³-hybridized carbons (Fsp3) is 0.417. The molecule has 1 atom stereocenters. The van der Waals surface area contributed by atoms with Crippen molar-refractivity contribution < 1.29 is 9.53 Å². The van der Waals surface area contributed by atoms with Crippen molar-refractivity contribution in [2.75, 3.05) is 20.7 Å². The zero-order valence-corrected chi connectivity index (χ0v) is 10.5. The molecule has 0 radical (unpaired) electrons. The summed E-state index contributed by atoms with van der Waals surface area (Å²) in [4.78, 5) is 12.8. The number of carbonyl (C=O) groups is 1. The molecule has 0 saturated heterocycles. The number of nitrogens with zero attached hydrogens (tertiary/aromatic N) is 1. The second kappa shape index (κ2) is 5.87. The van der Waals surface area contributed by atoms with Gasteiger partial charge in [0.1, 0.15) is 12.0 Å². The zero-order chi connectivity index (χ0) is 12.1. The molecule has 0 N–H and O–H groups in total. The van der Waals surface area contributed by atoms with Crippen molar-refractivity contribution in [3.8, 4) is 5.75 Å². The van der Waals surface area contributed by atoms with Crippen LogP contribution in [0.3, 0.4) is 0 Å². The normalized spacial score (nSPS) is 12.6. The fourth-order valence-corrected chi connectivity index (χ4v) is 1.72. The van der Waals surface area contributed by atoms with Crippen molar-refractivity contribution in [2.24, 2.45) is 0 Å². The van der Waals surface area contributed by atoms with Gasteiger partial charge in [0.25, 0.3) is 0 Å². The quantitative estimate of drug-likeness (QED) is 0.742. The Morgan fingerprint density at radius 3 is 2.62 bits per heavy atom. The molecule has 0 bridgehead atoms. The highest BCUT2D eigenvalue weighted by Crippen LogP contribution is 2.28. The molecule has 0 aliphatic rings. The summed E-state index contributed by atoms with van der Waals surface area (Å²) >= 11 is 6.05. The summed E-state index contributed by atoms with van der Waals surface area (Å²) in [6, 6.07) is 5.15.